The number of carbonyl (C=O) groups is 2. The van der Waals surface area contributed by atoms with Crippen molar-refractivity contribution in [1.29, 1.82) is 0 Å². The first-order chi connectivity index (χ1) is 12.0. The Labute approximate surface area is 149 Å². The number of allylic oxidation sites excluding steroid dienone is 6. The topological polar surface area (TPSA) is 52.6 Å². The second-order valence-electron chi connectivity index (χ2n) is 5.54. The van der Waals surface area contributed by atoms with Crippen molar-refractivity contribution in [2.24, 2.45) is 0 Å². The van der Waals surface area contributed by atoms with Gasteiger partial charge in [-0.05, 0) is 36.5 Å². The lowest BCUT2D eigenvalue weighted by molar-refractivity contribution is -0.138. The summed E-state index contributed by atoms with van der Waals surface area (Å²) in [5.41, 5.74) is 3.40. The van der Waals surface area contributed by atoms with Crippen molar-refractivity contribution in [1.82, 2.24) is 0 Å². The van der Waals surface area contributed by atoms with E-state index in [0.29, 0.717) is 12.2 Å². The Morgan fingerprint density at radius 1 is 1.16 bits per heavy atom. The molecule has 0 radical (unpaired) electrons. The third kappa shape index (κ3) is 7.97. The third-order valence-electron chi connectivity index (χ3n) is 3.44. The molecule has 0 aromatic carbocycles. The molecule has 1 aliphatic carbocycles. The Morgan fingerprint density at radius 3 is 2.48 bits per heavy atom. The molecule has 0 bridgehead atoms. The van der Waals surface area contributed by atoms with Crippen molar-refractivity contribution in [3.63, 3.8) is 0 Å². The molecule has 0 heterocycles. The highest BCUT2D eigenvalue weighted by Crippen LogP contribution is 2.19. The van der Waals surface area contributed by atoms with E-state index in [4.69, 9.17) is 9.47 Å². The monoisotopic (exact) mass is 340 g/mol. The van der Waals surface area contributed by atoms with Crippen molar-refractivity contribution < 1.29 is 19.1 Å². The highest BCUT2D eigenvalue weighted by atomic mass is 16.5. The van der Waals surface area contributed by atoms with Crippen molar-refractivity contribution in [3.05, 3.63) is 84.6 Å². The fourth-order valence-electron chi connectivity index (χ4n) is 1.92. The molecule has 4 heteroatoms. The van der Waals surface area contributed by atoms with Gasteiger partial charge in [-0.3, -0.25) is 0 Å². The van der Waals surface area contributed by atoms with Crippen LogP contribution in [0, 0.1) is 0 Å². The van der Waals surface area contributed by atoms with Gasteiger partial charge in [-0.25, -0.2) is 9.59 Å². The number of rotatable bonds is 9. The molecule has 0 aliphatic heterocycles. The summed E-state index contributed by atoms with van der Waals surface area (Å²) in [6.07, 6.45) is 14.2. The molecule has 25 heavy (non-hydrogen) atoms. The minimum atomic E-state index is -0.415. The predicted octanol–water partition coefficient (Wildman–Crippen LogP) is 4.15. The Hall–Kier alpha value is -2.88. The first-order valence-electron chi connectivity index (χ1n) is 7.96. The van der Waals surface area contributed by atoms with Crippen LogP contribution in [0.15, 0.2) is 84.6 Å². The molecule has 4 nitrogen and oxygen atoms in total. The molecule has 0 saturated carbocycles. The van der Waals surface area contributed by atoms with Gasteiger partial charge in [-0.15, -0.1) is 0 Å². The number of carbonyl (C=O) groups excluding carboxylic acids is 2. The summed E-state index contributed by atoms with van der Waals surface area (Å²) in [6, 6.07) is 0. The van der Waals surface area contributed by atoms with Crippen LogP contribution in [-0.4, -0.2) is 25.2 Å². The molecule has 132 valence electrons. The summed E-state index contributed by atoms with van der Waals surface area (Å²) < 4.78 is 10.1. The molecule has 0 amide bonds. The average molecular weight is 340 g/mol. The Kier molecular flexibility index (Phi) is 8.72. The van der Waals surface area contributed by atoms with Gasteiger partial charge in [-0.1, -0.05) is 56.2 Å². The molecular weight excluding hydrogens is 316 g/mol. The molecule has 0 N–H and O–H groups in total. The highest BCUT2D eigenvalue weighted by molar-refractivity contribution is 5.87. The summed E-state index contributed by atoms with van der Waals surface area (Å²) in [4.78, 5) is 22.4. The quantitative estimate of drug-likeness (QED) is 0.359. The lowest BCUT2D eigenvalue weighted by Crippen LogP contribution is -2.07. The molecule has 0 unspecified atom stereocenters. The van der Waals surface area contributed by atoms with E-state index in [1.165, 1.54) is 0 Å². The first kappa shape index (κ1) is 20.2. The van der Waals surface area contributed by atoms with Gasteiger partial charge in [0.2, 0.25) is 0 Å². The fourth-order valence-corrected chi connectivity index (χ4v) is 1.92. The maximum absolute atomic E-state index is 11.4. The van der Waals surface area contributed by atoms with Gasteiger partial charge < -0.3 is 9.47 Å². The van der Waals surface area contributed by atoms with E-state index < -0.39 is 11.9 Å². The van der Waals surface area contributed by atoms with Crippen LogP contribution in [0.5, 0.6) is 0 Å². The van der Waals surface area contributed by atoms with Crippen LogP contribution in [0.4, 0.5) is 0 Å². The minimum absolute atomic E-state index is 0.164. The second-order valence-corrected chi connectivity index (χ2v) is 5.54. The molecule has 0 spiro atoms. The van der Waals surface area contributed by atoms with Gasteiger partial charge >= 0.3 is 11.9 Å². The van der Waals surface area contributed by atoms with E-state index in [0.717, 1.165) is 35.6 Å². The maximum Gasteiger partial charge on any atom is 0.333 e. The fraction of sp³-hybridized carbons (Fsp3) is 0.238. The van der Waals surface area contributed by atoms with Gasteiger partial charge in [0.05, 0.1) is 0 Å². The number of hydrogen-bond acceptors (Lipinski definition) is 4. The van der Waals surface area contributed by atoms with E-state index in [1.54, 1.807) is 13.0 Å². The lowest BCUT2D eigenvalue weighted by atomic mass is 9.98. The van der Waals surface area contributed by atoms with Crippen LogP contribution in [-0.2, 0) is 19.1 Å². The third-order valence-corrected chi connectivity index (χ3v) is 3.44. The second kappa shape index (κ2) is 10.8. The van der Waals surface area contributed by atoms with E-state index in [1.807, 2.05) is 30.4 Å². The van der Waals surface area contributed by atoms with Crippen molar-refractivity contribution in [2.75, 3.05) is 13.2 Å². The Balaban J connectivity index is 2.55. The maximum atomic E-state index is 11.4. The molecule has 0 aromatic heterocycles. The van der Waals surface area contributed by atoms with Crippen LogP contribution < -0.4 is 0 Å². The van der Waals surface area contributed by atoms with Crippen LogP contribution in [0.1, 0.15) is 19.8 Å². The largest absolute Gasteiger partial charge is 0.458 e. The molecule has 0 fully saturated rings. The standard InChI is InChI=1S/C21H24O4/c1-5-17(14-25-21(23)16(3)4)8-7-9-18-10-12-19(13-11-18)15-24-20(22)6-2/h5-10,12H,1-3,11,13-15H2,4H3/b9-7+,17-8+. The van der Waals surface area contributed by atoms with Crippen LogP contribution in [0.2, 0.25) is 0 Å². The van der Waals surface area contributed by atoms with E-state index in [9.17, 15) is 9.59 Å². The molecule has 1 rings (SSSR count). The molecule has 0 saturated heterocycles. The predicted molar refractivity (Wildman–Crippen MR) is 99.7 cm³/mol. The molecule has 0 aromatic rings. The number of ether oxygens (including phenoxy) is 2. The zero-order valence-electron chi connectivity index (χ0n) is 14.6. The van der Waals surface area contributed by atoms with E-state index in [2.05, 4.69) is 19.7 Å². The van der Waals surface area contributed by atoms with Crippen LogP contribution >= 0.6 is 0 Å². The van der Waals surface area contributed by atoms with E-state index in [-0.39, 0.29) is 6.61 Å². The Bertz CT molecular complexity index is 672. The van der Waals surface area contributed by atoms with Crippen LogP contribution in [0.3, 0.4) is 0 Å². The number of esters is 2. The highest BCUT2D eigenvalue weighted by Gasteiger charge is 2.06. The lowest BCUT2D eigenvalue weighted by Gasteiger charge is -2.12. The van der Waals surface area contributed by atoms with Gasteiger partial charge in [0, 0.05) is 11.6 Å². The first-order valence-corrected chi connectivity index (χ1v) is 7.96. The SMILES string of the molecule is C=CC(=O)OCC1=CC=C(/C=C/C=C(\C=C)COC(=O)C(=C)C)CC1. The molecule has 1 aliphatic rings. The summed E-state index contributed by atoms with van der Waals surface area (Å²) in [5.74, 6) is -0.827. The number of hydrogen-bond donors (Lipinski definition) is 0. The summed E-state index contributed by atoms with van der Waals surface area (Å²) >= 11 is 0. The summed E-state index contributed by atoms with van der Waals surface area (Å²) in [7, 11) is 0. The van der Waals surface area contributed by atoms with Crippen LogP contribution in [0.25, 0.3) is 0 Å². The van der Waals surface area contributed by atoms with Gasteiger partial charge in [0.25, 0.3) is 0 Å². The molecular formula is C21H24O4. The minimum Gasteiger partial charge on any atom is -0.458 e. The zero-order valence-corrected chi connectivity index (χ0v) is 14.6. The zero-order chi connectivity index (χ0) is 18.7. The summed E-state index contributed by atoms with van der Waals surface area (Å²) in [6.45, 7) is 12.7. The van der Waals surface area contributed by atoms with Crippen molar-refractivity contribution in [3.8, 4) is 0 Å². The van der Waals surface area contributed by atoms with Gasteiger partial charge in [0.1, 0.15) is 13.2 Å². The van der Waals surface area contributed by atoms with E-state index >= 15 is 0 Å². The summed E-state index contributed by atoms with van der Waals surface area (Å²) in [5, 5.41) is 0. The van der Waals surface area contributed by atoms with Gasteiger partial charge in [0.15, 0.2) is 0 Å². The van der Waals surface area contributed by atoms with Crippen molar-refractivity contribution >= 4 is 11.9 Å². The van der Waals surface area contributed by atoms with Crippen molar-refractivity contribution in [2.45, 2.75) is 19.8 Å². The normalized spacial score (nSPS) is 14.4. The molecule has 0 atom stereocenters. The smallest absolute Gasteiger partial charge is 0.333 e. The van der Waals surface area contributed by atoms with Gasteiger partial charge in [-0.2, -0.15) is 0 Å². The Morgan fingerprint density at radius 2 is 1.92 bits per heavy atom. The average Bonchev–Trinajstić information content (AvgIpc) is 2.62.